The topological polar surface area (TPSA) is 93.4 Å². The lowest BCUT2D eigenvalue weighted by Crippen LogP contribution is -2.31. The Morgan fingerprint density at radius 2 is 2.04 bits per heavy atom. The highest BCUT2D eigenvalue weighted by Crippen LogP contribution is 2.14. The third kappa shape index (κ3) is 3.99. The zero-order valence-electron chi connectivity index (χ0n) is 13.9. The summed E-state index contributed by atoms with van der Waals surface area (Å²) in [4.78, 5) is 24.5. The van der Waals surface area contributed by atoms with Crippen molar-refractivity contribution in [3.8, 4) is 5.75 Å². The van der Waals surface area contributed by atoms with Gasteiger partial charge in [-0.05, 0) is 31.5 Å². The maximum Gasteiger partial charge on any atom is 0.280 e. The van der Waals surface area contributed by atoms with E-state index in [2.05, 4.69) is 10.4 Å². The van der Waals surface area contributed by atoms with E-state index < -0.39 is 5.56 Å². The summed E-state index contributed by atoms with van der Waals surface area (Å²) in [6.07, 6.45) is 1.44. The van der Waals surface area contributed by atoms with Gasteiger partial charge in [-0.25, -0.2) is 4.68 Å². The summed E-state index contributed by atoms with van der Waals surface area (Å²) in [7, 11) is 1.58. The Hall–Kier alpha value is -2.67. The molecule has 7 heteroatoms. The average Bonchev–Trinajstić information content (AvgIpc) is 2.57. The van der Waals surface area contributed by atoms with E-state index in [1.807, 2.05) is 12.1 Å². The van der Waals surface area contributed by atoms with E-state index in [0.29, 0.717) is 5.69 Å². The van der Waals surface area contributed by atoms with Gasteiger partial charge in [0.25, 0.3) is 5.56 Å². The van der Waals surface area contributed by atoms with E-state index in [-0.39, 0.29) is 30.5 Å². The summed E-state index contributed by atoms with van der Waals surface area (Å²) in [6.45, 7) is 3.21. The Morgan fingerprint density at radius 3 is 2.58 bits per heavy atom. The molecule has 0 amide bonds. The van der Waals surface area contributed by atoms with Crippen LogP contribution in [0.3, 0.4) is 0 Å². The molecule has 2 rings (SSSR count). The van der Waals surface area contributed by atoms with E-state index in [1.54, 1.807) is 26.2 Å². The average molecular weight is 331 g/mol. The maximum atomic E-state index is 12.6. The fourth-order valence-electron chi connectivity index (χ4n) is 2.27. The first-order chi connectivity index (χ1) is 11.5. The van der Waals surface area contributed by atoms with Crippen molar-refractivity contribution in [1.29, 1.82) is 0 Å². The van der Waals surface area contributed by atoms with E-state index in [9.17, 15) is 9.59 Å². The molecule has 2 aromatic rings. The molecule has 2 N–H and O–H groups in total. The molecule has 128 valence electrons. The molecule has 0 radical (unpaired) electrons. The number of rotatable bonds is 7. The summed E-state index contributed by atoms with van der Waals surface area (Å²) < 4.78 is 6.34. The predicted octanol–water partition coefficient (Wildman–Crippen LogP) is 1.30. The number of aromatic nitrogens is 2. The summed E-state index contributed by atoms with van der Waals surface area (Å²) in [5, 5.41) is 16.2. The van der Waals surface area contributed by atoms with Crippen LogP contribution in [0.1, 0.15) is 29.8 Å². The van der Waals surface area contributed by atoms with E-state index >= 15 is 0 Å². The number of methoxy groups -OCH3 is 1. The Morgan fingerprint density at radius 1 is 1.38 bits per heavy atom. The number of carbonyl (C=O) groups is 1. The Labute approximate surface area is 139 Å². The number of nitrogens with zero attached hydrogens (tertiary/aromatic N) is 2. The molecule has 1 aromatic carbocycles. The molecule has 24 heavy (non-hydrogen) atoms. The van der Waals surface area contributed by atoms with Gasteiger partial charge < -0.3 is 15.2 Å². The zero-order valence-corrected chi connectivity index (χ0v) is 13.9. The van der Waals surface area contributed by atoms with Gasteiger partial charge in [0.1, 0.15) is 11.3 Å². The van der Waals surface area contributed by atoms with Crippen molar-refractivity contribution >= 4 is 11.5 Å². The van der Waals surface area contributed by atoms with Crippen LogP contribution in [0.4, 0.5) is 5.69 Å². The van der Waals surface area contributed by atoms with Gasteiger partial charge in [0.15, 0.2) is 5.78 Å². The van der Waals surface area contributed by atoms with Crippen LogP contribution in [0.2, 0.25) is 0 Å². The highest BCUT2D eigenvalue weighted by atomic mass is 16.5. The normalized spacial score (nSPS) is 11.8. The number of hydrogen-bond acceptors (Lipinski definition) is 6. The highest BCUT2D eigenvalue weighted by Gasteiger charge is 2.17. The largest absolute Gasteiger partial charge is 0.497 e. The molecule has 1 aromatic heterocycles. The molecule has 0 saturated heterocycles. The van der Waals surface area contributed by atoms with Gasteiger partial charge in [0.05, 0.1) is 32.1 Å². The predicted molar refractivity (Wildman–Crippen MR) is 90.8 cm³/mol. The SMILES string of the molecule is COc1ccc(Cn2ncc(NC(C)CO)c(C(C)=O)c2=O)cc1. The monoisotopic (exact) mass is 331 g/mol. The first-order valence-electron chi connectivity index (χ1n) is 7.57. The zero-order chi connectivity index (χ0) is 17.7. The molecule has 0 spiro atoms. The quantitative estimate of drug-likeness (QED) is 0.743. The Balaban J connectivity index is 2.35. The number of aliphatic hydroxyl groups excluding tert-OH is 1. The van der Waals surface area contributed by atoms with E-state index in [4.69, 9.17) is 9.84 Å². The smallest absolute Gasteiger partial charge is 0.280 e. The maximum absolute atomic E-state index is 12.6. The van der Waals surface area contributed by atoms with Crippen molar-refractivity contribution in [3.63, 3.8) is 0 Å². The Kier molecular flexibility index (Phi) is 5.70. The van der Waals surface area contributed by atoms with Gasteiger partial charge in [-0.1, -0.05) is 12.1 Å². The fourth-order valence-corrected chi connectivity index (χ4v) is 2.27. The molecular weight excluding hydrogens is 310 g/mol. The molecule has 1 atom stereocenters. The third-order valence-electron chi connectivity index (χ3n) is 3.56. The van der Waals surface area contributed by atoms with Crippen molar-refractivity contribution < 1.29 is 14.6 Å². The summed E-state index contributed by atoms with van der Waals surface area (Å²) in [5.74, 6) is 0.375. The van der Waals surface area contributed by atoms with Gasteiger partial charge in [0.2, 0.25) is 0 Å². The lowest BCUT2D eigenvalue weighted by atomic mass is 10.1. The number of ketones is 1. The van der Waals surface area contributed by atoms with Crippen LogP contribution in [0.15, 0.2) is 35.3 Å². The van der Waals surface area contributed by atoms with Crippen molar-refractivity contribution in [2.75, 3.05) is 19.0 Å². The molecule has 0 aliphatic rings. The molecule has 0 aliphatic heterocycles. The van der Waals surface area contributed by atoms with Crippen molar-refractivity contribution in [1.82, 2.24) is 9.78 Å². The first-order valence-corrected chi connectivity index (χ1v) is 7.57. The third-order valence-corrected chi connectivity index (χ3v) is 3.56. The molecule has 0 bridgehead atoms. The second kappa shape index (κ2) is 7.74. The van der Waals surface area contributed by atoms with Crippen molar-refractivity contribution in [2.45, 2.75) is 26.4 Å². The minimum atomic E-state index is -0.464. The number of anilines is 1. The second-order valence-corrected chi connectivity index (χ2v) is 5.53. The number of ether oxygens (including phenoxy) is 1. The minimum absolute atomic E-state index is 0.0406. The first kappa shape index (κ1) is 17.7. The standard InChI is InChI=1S/C17H21N3O4/c1-11(10-21)19-15-8-18-20(17(23)16(15)12(2)22)9-13-4-6-14(24-3)7-5-13/h4-8,11,19,21H,9-10H2,1-3H3. The number of nitrogens with one attached hydrogen (secondary N) is 1. The number of Topliss-reactive ketones (excluding diaryl/α,β-unsaturated/α-hetero) is 1. The molecule has 0 fully saturated rings. The second-order valence-electron chi connectivity index (χ2n) is 5.53. The Bertz CT molecular complexity index is 768. The van der Waals surface area contributed by atoms with Gasteiger partial charge in [-0.3, -0.25) is 9.59 Å². The lowest BCUT2D eigenvalue weighted by Gasteiger charge is -2.15. The molecule has 1 unspecified atom stereocenters. The van der Waals surface area contributed by atoms with Crippen molar-refractivity contribution in [3.05, 3.63) is 51.9 Å². The number of benzene rings is 1. The summed E-state index contributed by atoms with van der Waals surface area (Å²) in [6, 6.07) is 6.97. The van der Waals surface area contributed by atoms with Gasteiger partial charge >= 0.3 is 0 Å². The minimum Gasteiger partial charge on any atom is -0.497 e. The van der Waals surface area contributed by atoms with Crippen LogP contribution in [-0.4, -0.2) is 40.4 Å². The number of carbonyl (C=O) groups excluding carboxylic acids is 1. The summed E-state index contributed by atoms with van der Waals surface area (Å²) >= 11 is 0. The van der Waals surface area contributed by atoms with Gasteiger partial charge in [-0.2, -0.15) is 5.10 Å². The summed E-state index contributed by atoms with van der Waals surface area (Å²) in [5.41, 5.74) is 0.775. The lowest BCUT2D eigenvalue weighted by molar-refractivity contribution is 0.101. The molecule has 1 heterocycles. The van der Waals surface area contributed by atoms with Crippen LogP contribution in [0.25, 0.3) is 0 Å². The molecule has 7 nitrogen and oxygen atoms in total. The molecule has 0 saturated carbocycles. The van der Waals surface area contributed by atoms with Crippen LogP contribution in [0.5, 0.6) is 5.75 Å². The van der Waals surface area contributed by atoms with Crippen LogP contribution < -0.4 is 15.6 Å². The fraction of sp³-hybridized carbons (Fsp3) is 0.353. The van der Waals surface area contributed by atoms with E-state index in [1.165, 1.54) is 17.8 Å². The van der Waals surface area contributed by atoms with Crippen LogP contribution in [0, 0.1) is 0 Å². The van der Waals surface area contributed by atoms with Gasteiger partial charge in [0, 0.05) is 6.04 Å². The van der Waals surface area contributed by atoms with E-state index in [0.717, 1.165) is 11.3 Å². The number of aliphatic hydroxyl groups is 1. The van der Waals surface area contributed by atoms with Gasteiger partial charge in [-0.15, -0.1) is 0 Å². The molecular formula is C17H21N3O4. The van der Waals surface area contributed by atoms with Crippen molar-refractivity contribution in [2.24, 2.45) is 0 Å². The van der Waals surface area contributed by atoms with Crippen LogP contribution in [-0.2, 0) is 6.54 Å². The molecule has 0 aliphatic carbocycles. The number of hydrogen-bond donors (Lipinski definition) is 2. The highest BCUT2D eigenvalue weighted by molar-refractivity contribution is 5.98. The van der Waals surface area contributed by atoms with Crippen LogP contribution >= 0.6 is 0 Å².